The molecular formula is C22H21Cl2NO5. The monoisotopic (exact) mass is 449 g/mol. The number of hydrogen-bond donors (Lipinski definition) is 1. The number of ether oxygens (including phenoxy) is 2. The van der Waals surface area contributed by atoms with Crippen LogP contribution in [0.5, 0.6) is 11.5 Å². The number of likely N-dealkylation sites (tertiary alicyclic amines) is 1. The Morgan fingerprint density at radius 2 is 1.80 bits per heavy atom. The third-order valence-corrected chi connectivity index (χ3v) is 5.67. The number of halogens is 2. The average molecular weight is 450 g/mol. The van der Waals surface area contributed by atoms with Crippen molar-refractivity contribution in [3.8, 4) is 11.5 Å². The van der Waals surface area contributed by atoms with Gasteiger partial charge in [0.2, 0.25) is 0 Å². The first-order valence-electron chi connectivity index (χ1n) is 9.29. The molecule has 1 N–H and O–H groups in total. The summed E-state index contributed by atoms with van der Waals surface area (Å²) in [4.78, 5) is 27.1. The van der Waals surface area contributed by atoms with Gasteiger partial charge in [0.25, 0.3) is 11.7 Å². The Kier molecular flexibility index (Phi) is 6.58. The van der Waals surface area contributed by atoms with Crippen LogP contribution in [0.2, 0.25) is 10.0 Å². The van der Waals surface area contributed by atoms with Crippen molar-refractivity contribution in [2.24, 2.45) is 0 Å². The molecule has 1 unspecified atom stereocenters. The average Bonchev–Trinajstić information content (AvgIpc) is 3.00. The molecule has 1 aliphatic heterocycles. The van der Waals surface area contributed by atoms with Crippen molar-refractivity contribution in [3.63, 3.8) is 0 Å². The molecule has 1 amide bonds. The molecule has 1 fully saturated rings. The Balaban J connectivity index is 2.24. The van der Waals surface area contributed by atoms with Gasteiger partial charge in [0, 0.05) is 12.6 Å². The predicted octanol–water partition coefficient (Wildman–Crippen LogP) is 4.84. The fraction of sp³-hybridized carbons (Fsp3) is 0.273. The van der Waals surface area contributed by atoms with E-state index in [9.17, 15) is 14.7 Å². The van der Waals surface area contributed by atoms with E-state index in [1.807, 2.05) is 6.92 Å². The number of amides is 1. The van der Waals surface area contributed by atoms with Crippen molar-refractivity contribution < 1.29 is 24.2 Å². The zero-order chi connectivity index (χ0) is 22.0. The molecule has 6 nitrogen and oxygen atoms in total. The van der Waals surface area contributed by atoms with E-state index in [1.165, 1.54) is 19.1 Å². The van der Waals surface area contributed by atoms with Crippen molar-refractivity contribution in [1.29, 1.82) is 0 Å². The van der Waals surface area contributed by atoms with Gasteiger partial charge in [-0.1, -0.05) is 36.2 Å². The summed E-state index contributed by atoms with van der Waals surface area (Å²) in [6.07, 6.45) is 0.636. The van der Waals surface area contributed by atoms with E-state index in [4.69, 9.17) is 32.7 Å². The summed E-state index contributed by atoms with van der Waals surface area (Å²) in [7, 11) is 2.95. The maximum atomic E-state index is 12.9. The highest BCUT2D eigenvalue weighted by molar-refractivity contribution is 6.47. The van der Waals surface area contributed by atoms with Gasteiger partial charge in [0.15, 0.2) is 0 Å². The molecule has 2 aromatic rings. The maximum Gasteiger partial charge on any atom is 0.295 e. The second-order valence-corrected chi connectivity index (χ2v) is 7.55. The third kappa shape index (κ3) is 3.85. The van der Waals surface area contributed by atoms with Crippen LogP contribution in [0.4, 0.5) is 0 Å². The van der Waals surface area contributed by atoms with Gasteiger partial charge < -0.3 is 19.5 Å². The Labute approximate surface area is 184 Å². The fourth-order valence-electron chi connectivity index (χ4n) is 3.52. The summed E-state index contributed by atoms with van der Waals surface area (Å²) in [6.45, 7) is 2.24. The van der Waals surface area contributed by atoms with E-state index in [1.54, 1.807) is 36.4 Å². The van der Waals surface area contributed by atoms with Crippen LogP contribution in [-0.2, 0) is 9.59 Å². The second kappa shape index (κ2) is 8.98. The highest BCUT2D eigenvalue weighted by Crippen LogP contribution is 2.42. The Morgan fingerprint density at radius 1 is 1.07 bits per heavy atom. The van der Waals surface area contributed by atoms with Crippen LogP contribution >= 0.6 is 23.2 Å². The smallest absolute Gasteiger partial charge is 0.295 e. The Hall–Kier alpha value is -2.70. The second-order valence-electron chi connectivity index (χ2n) is 6.73. The summed E-state index contributed by atoms with van der Waals surface area (Å²) in [5, 5.41) is 11.8. The number of hydrogen-bond acceptors (Lipinski definition) is 5. The van der Waals surface area contributed by atoms with Crippen molar-refractivity contribution >= 4 is 40.7 Å². The number of aliphatic hydroxyl groups is 1. The van der Waals surface area contributed by atoms with E-state index < -0.39 is 17.7 Å². The van der Waals surface area contributed by atoms with E-state index in [0.29, 0.717) is 40.1 Å². The first-order valence-corrected chi connectivity index (χ1v) is 10.0. The van der Waals surface area contributed by atoms with Gasteiger partial charge in [0.05, 0.1) is 41.4 Å². The molecule has 0 spiro atoms. The lowest BCUT2D eigenvalue weighted by Crippen LogP contribution is -2.30. The largest absolute Gasteiger partial charge is 0.507 e. The molecule has 1 heterocycles. The molecule has 1 saturated heterocycles. The number of aliphatic hydroxyl groups excluding tert-OH is 1. The number of rotatable bonds is 6. The Morgan fingerprint density at radius 3 is 2.40 bits per heavy atom. The molecule has 1 atom stereocenters. The zero-order valence-electron chi connectivity index (χ0n) is 16.7. The number of benzene rings is 2. The van der Waals surface area contributed by atoms with Gasteiger partial charge >= 0.3 is 0 Å². The summed E-state index contributed by atoms with van der Waals surface area (Å²) < 4.78 is 10.5. The molecule has 8 heteroatoms. The number of nitrogens with zero attached hydrogens (tertiary/aromatic N) is 1. The van der Waals surface area contributed by atoms with Gasteiger partial charge in [-0.05, 0) is 36.2 Å². The summed E-state index contributed by atoms with van der Waals surface area (Å²) in [6, 6.07) is 8.88. The van der Waals surface area contributed by atoms with Crippen LogP contribution < -0.4 is 9.47 Å². The number of ketones is 1. The minimum absolute atomic E-state index is 0.0321. The van der Waals surface area contributed by atoms with E-state index in [0.717, 1.165) is 0 Å². The third-order valence-electron chi connectivity index (χ3n) is 4.93. The van der Waals surface area contributed by atoms with Gasteiger partial charge in [-0.25, -0.2) is 0 Å². The van der Waals surface area contributed by atoms with Crippen LogP contribution in [0, 0.1) is 0 Å². The van der Waals surface area contributed by atoms with Gasteiger partial charge in [0.1, 0.15) is 17.3 Å². The molecule has 158 valence electrons. The molecule has 1 aliphatic rings. The van der Waals surface area contributed by atoms with Gasteiger partial charge in [-0.3, -0.25) is 9.59 Å². The first-order chi connectivity index (χ1) is 14.3. The van der Waals surface area contributed by atoms with Crippen LogP contribution in [0.25, 0.3) is 5.76 Å². The standard InChI is InChI=1S/C22H21Cl2NO5/c1-4-9-25-19(12-5-8-15(23)16(24)10-12)18(21(27)22(25)28)20(26)14-7-6-13(29-2)11-17(14)30-3/h5-8,10-11,19,26H,4,9H2,1-3H3/b20-18-. The summed E-state index contributed by atoms with van der Waals surface area (Å²) in [5.74, 6) is -0.948. The lowest BCUT2D eigenvalue weighted by molar-refractivity contribution is -0.139. The van der Waals surface area contributed by atoms with Crippen LogP contribution in [-0.4, -0.2) is 42.5 Å². The normalized spacial score (nSPS) is 18.0. The fourth-order valence-corrected chi connectivity index (χ4v) is 3.83. The van der Waals surface area contributed by atoms with Crippen LogP contribution in [0.3, 0.4) is 0 Å². The van der Waals surface area contributed by atoms with Gasteiger partial charge in [-0.15, -0.1) is 0 Å². The molecule has 0 bridgehead atoms. The van der Waals surface area contributed by atoms with E-state index in [-0.39, 0.29) is 16.9 Å². The number of carbonyl (C=O) groups is 2. The molecule has 0 aromatic heterocycles. The summed E-state index contributed by atoms with van der Waals surface area (Å²) in [5.41, 5.74) is 0.819. The zero-order valence-corrected chi connectivity index (χ0v) is 18.3. The molecule has 0 radical (unpaired) electrons. The highest BCUT2D eigenvalue weighted by atomic mass is 35.5. The number of carbonyl (C=O) groups excluding carboxylic acids is 2. The molecule has 30 heavy (non-hydrogen) atoms. The van der Waals surface area contributed by atoms with Crippen molar-refractivity contribution in [2.45, 2.75) is 19.4 Å². The van der Waals surface area contributed by atoms with E-state index in [2.05, 4.69) is 0 Å². The minimum atomic E-state index is -0.800. The number of Topliss-reactive ketones (excluding diaryl/α,β-unsaturated/α-hetero) is 1. The number of methoxy groups -OCH3 is 2. The van der Waals surface area contributed by atoms with E-state index >= 15 is 0 Å². The van der Waals surface area contributed by atoms with Gasteiger partial charge in [-0.2, -0.15) is 0 Å². The SMILES string of the molecule is CCCN1C(=O)C(=O)/C(=C(\O)c2ccc(OC)cc2OC)C1c1ccc(Cl)c(Cl)c1. The van der Waals surface area contributed by atoms with Crippen molar-refractivity contribution in [1.82, 2.24) is 4.90 Å². The first kappa shape index (κ1) is 22.0. The molecule has 2 aromatic carbocycles. The highest BCUT2D eigenvalue weighted by Gasteiger charge is 2.46. The molecule has 0 aliphatic carbocycles. The molecule has 3 rings (SSSR count). The lowest BCUT2D eigenvalue weighted by atomic mass is 9.95. The van der Waals surface area contributed by atoms with Crippen molar-refractivity contribution in [2.75, 3.05) is 20.8 Å². The quantitative estimate of drug-likeness (QED) is 0.387. The maximum absolute atomic E-state index is 12.9. The molecular weight excluding hydrogens is 429 g/mol. The van der Waals surface area contributed by atoms with Crippen molar-refractivity contribution in [3.05, 3.63) is 63.1 Å². The molecule has 0 saturated carbocycles. The summed E-state index contributed by atoms with van der Waals surface area (Å²) >= 11 is 12.2. The lowest BCUT2D eigenvalue weighted by Gasteiger charge is -2.25. The van der Waals surface area contributed by atoms with Crippen LogP contribution in [0.1, 0.15) is 30.5 Å². The topological polar surface area (TPSA) is 76.1 Å². The predicted molar refractivity (Wildman–Crippen MR) is 115 cm³/mol. The Bertz CT molecular complexity index is 1030. The minimum Gasteiger partial charge on any atom is -0.507 e. The van der Waals surface area contributed by atoms with Crippen LogP contribution in [0.15, 0.2) is 42.0 Å².